The summed E-state index contributed by atoms with van der Waals surface area (Å²) in [6.07, 6.45) is 2.58. The van der Waals surface area contributed by atoms with Gasteiger partial charge in [-0.15, -0.1) is 0 Å². The maximum absolute atomic E-state index is 13.1. The van der Waals surface area contributed by atoms with Crippen LogP contribution in [0.3, 0.4) is 0 Å². The van der Waals surface area contributed by atoms with E-state index in [9.17, 15) is 14.0 Å². The van der Waals surface area contributed by atoms with Gasteiger partial charge >= 0.3 is 0 Å². The summed E-state index contributed by atoms with van der Waals surface area (Å²) in [5.41, 5.74) is 2.65. The number of fused-ring (bicyclic) bond motifs is 1. The molecule has 2 amide bonds. The van der Waals surface area contributed by atoms with Gasteiger partial charge in [0.25, 0.3) is 5.91 Å². The molecule has 6 heteroatoms. The van der Waals surface area contributed by atoms with Crippen molar-refractivity contribution in [3.05, 3.63) is 71.7 Å². The first-order valence-corrected chi connectivity index (χ1v) is 10.0. The Bertz CT molecular complexity index is 1070. The van der Waals surface area contributed by atoms with Crippen LogP contribution in [-0.4, -0.2) is 52.8 Å². The molecule has 0 bridgehead atoms. The van der Waals surface area contributed by atoms with E-state index >= 15 is 0 Å². The fourth-order valence-corrected chi connectivity index (χ4v) is 4.33. The molecule has 29 heavy (non-hydrogen) atoms. The topological polar surface area (TPSA) is 56.4 Å². The number of amides is 2. The monoisotopic (exact) mass is 391 g/mol. The number of aromatic amines is 1. The molecule has 2 atom stereocenters. The number of benzene rings is 2. The van der Waals surface area contributed by atoms with Crippen molar-refractivity contribution in [3.63, 3.8) is 0 Å². The fraction of sp³-hybridized carbons (Fsp3) is 0.304. The Morgan fingerprint density at radius 3 is 2.38 bits per heavy atom. The summed E-state index contributed by atoms with van der Waals surface area (Å²) < 4.78 is 13.1. The number of carbonyl (C=O) groups is 2. The van der Waals surface area contributed by atoms with Gasteiger partial charge in [0.1, 0.15) is 5.82 Å². The summed E-state index contributed by atoms with van der Waals surface area (Å²) >= 11 is 0. The highest BCUT2D eigenvalue weighted by Gasteiger charge is 2.46. The van der Waals surface area contributed by atoms with Gasteiger partial charge in [-0.1, -0.05) is 30.3 Å². The number of nitrogens with zero attached hydrogens (tertiary/aromatic N) is 2. The van der Waals surface area contributed by atoms with Gasteiger partial charge in [0.05, 0.1) is 5.56 Å². The summed E-state index contributed by atoms with van der Waals surface area (Å²) in [5.74, 6) is 0.0715. The number of H-pyrrole nitrogens is 1. The number of carbonyl (C=O) groups excluding carboxylic acids is 2. The second-order valence-electron chi connectivity index (χ2n) is 7.87. The molecule has 0 radical (unpaired) electrons. The third kappa shape index (κ3) is 3.28. The van der Waals surface area contributed by atoms with Crippen LogP contribution in [0.5, 0.6) is 0 Å². The number of hydrogen-bond donors (Lipinski definition) is 1. The molecule has 2 aromatic carbocycles. The zero-order valence-electron chi connectivity index (χ0n) is 16.0. The molecule has 0 spiro atoms. The Morgan fingerprint density at radius 2 is 1.62 bits per heavy atom. The molecule has 1 saturated carbocycles. The van der Waals surface area contributed by atoms with E-state index in [1.165, 1.54) is 12.1 Å². The number of piperazine rings is 1. The van der Waals surface area contributed by atoms with Crippen LogP contribution in [0.2, 0.25) is 0 Å². The Labute approximate surface area is 168 Å². The largest absolute Gasteiger partial charge is 0.360 e. The molecular weight excluding hydrogens is 369 g/mol. The number of para-hydroxylation sites is 1. The van der Waals surface area contributed by atoms with Crippen molar-refractivity contribution in [1.82, 2.24) is 14.8 Å². The van der Waals surface area contributed by atoms with Crippen LogP contribution >= 0.6 is 0 Å². The highest BCUT2D eigenvalue weighted by Crippen LogP contribution is 2.48. The number of rotatable bonds is 3. The van der Waals surface area contributed by atoms with Crippen LogP contribution in [0.4, 0.5) is 4.39 Å². The minimum atomic E-state index is -0.256. The molecular formula is C23H22FN3O2. The Kier molecular flexibility index (Phi) is 4.34. The number of aromatic nitrogens is 1. The van der Waals surface area contributed by atoms with Gasteiger partial charge in [-0.3, -0.25) is 9.59 Å². The van der Waals surface area contributed by atoms with Crippen molar-refractivity contribution >= 4 is 22.7 Å². The normalized spacial score (nSPS) is 21.4. The maximum atomic E-state index is 13.1. The third-order valence-electron chi connectivity index (χ3n) is 6.10. The van der Waals surface area contributed by atoms with Crippen molar-refractivity contribution in [2.45, 2.75) is 12.3 Å². The van der Waals surface area contributed by atoms with Crippen molar-refractivity contribution in [1.29, 1.82) is 0 Å². The van der Waals surface area contributed by atoms with E-state index < -0.39 is 0 Å². The number of hydrogen-bond acceptors (Lipinski definition) is 2. The highest BCUT2D eigenvalue weighted by atomic mass is 19.1. The maximum Gasteiger partial charge on any atom is 0.256 e. The van der Waals surface area contributed by atoms with Crippen LogP contribution < -0.4 is 0 Å². The van der Waals surface area contributed by atoms with Gasteiger partial charge in [-0.25, -0.2) is 4.39 Å². The molecule has 2 fully saturated rings. The van der Waals surface area contributed by atoms with Gasteiger partial charge in [0.15, 0.2) is 0 Å². The van der Waals surface area contributed by atoms with Gasteiger partial charge in [0, 0.05) is 49.2 Å². The summed E-state index contributed by atoms with van der Waals surface area (Å²) in [5, 5.41) is 0.927. The van der Waals surface area contributed by atoms with Crippen LogP contribution in [0.15, 0.2) is 54.7 Å². The second-order valence-corrected chi connectivity index (χ2v) is 7.87. The standard InChI is InChI=1S/C23H22FN3O2/c24-16-7-5-15(6-8-16)18-13-19(18)22(28)26-9-11-27(12-10-26)23(29)20-14-25-21-4-2-1-3-17(20)21/h1-8,14,18-19,25H,9-13H2/t18-,19+/m1/s1. The summed E-state index contributed by atoms with van der Waals surface area (Å²) in [7, 11) is 0. The van der Waals surface area contributed by atoms with Crippen LogP contribution in [-0.2, 0) is 4.79 Å². The third-order valence-corrected chi connectivity index (χ3v) is 6.10. The summed E-state index contributed by atoms with van der Waals surface area (Å²) in [6, 6.07) is 14.2. The van der Waals surface area contributed by atoms with Gasteiger partial charge in [-0.2, -0.15) is 0 Å². The van der Waals surface area contributed by atoms with Crippen LogP contribution in [0.1, 0.15) is 28.3 Å². The molecule has 5 nitrogen and oxygen atoms in total. The molecule has 1 aliphatic heterocycles. The SMILES string of the molecule is O=C(c1c[nH]c2ccccc12)N1CCN(C(=O)[C@H]2C[C@@H]2c2ccc(F)cc2)CC1. The van der Waals surface area contributed by atoms with Crippen molar-refractivity contribution in [3.8, 4) is 0 Å². The average Bonchev–Trinajstić information content (AvgIpc) is 3.44. The molecule has 0 unspecified atom stereocenters. The highest BCUT2D eigenvalue weighted by molar-refractivity contribution is 6.06. The van der Waals surface area contributed by atoms with Crippen LogP contribution in [0, 0.1) is 11.7 Å². The lowest BCUT2D eigenvalue weighted by Gasteiger charge is -2.35. The van der Waals surface area contributed by atoms with E-state index in [1.807, 2.05) is 34.1 Å². The minimum absolute atomic E-state index is 0.00478. The lowest BCUT2D eigenvalue weighted by Crippen LogP contribution is -2.51. The van der Waals surface area contributed by atoms with Gasteiger partial charge in [-0.05, 0) is 36.1 Å². The molecule has 1 aromatic heterocycles. The zero-order chi connectivity index (χ0) is 20.0. The van der Waals surface area contributed by atoms with E-state index in [2.05, 4.69) is 4.98 Å². The van der Waals surface area contributed by atoms with Crippen molar-refractivity contribution in [2.75, 3.05) is 26.2 Å². The van der Waals surface area contributed by atoms with E-state index in [0.717, 1.165) is 22.9 Å². The predicted octanol–water partition coefficient (Wildman–Crippen LogP) is 3.40. The van der Waals surface area contributed by atoms with E-state index in [1.54, 1.807) is 18.3 Å². The molecule has 5 rings (SSSR count). The summed E-state index contributed by atoms with van der Waals surface area (Å²) in [6.45, 7) is 2.19. The fourth-order valence-electron chi connectivity index (χ4n) is 4.33. The van der Waals surface area contributed by atoms with E-state index in [0.29, 0.717) is 31.7 Å². The van der Waals surface area contributed by atoms with Crippen molar-refractivity contribution in [2.24, 2.45) is 5.92 Å². The first kappa shape index (κ1) is 17.9. The molecule has 1 N–H and O–H groups in total. The lowest BCUT2D eigenvalue weighted by molar-refractivity contribution is -0.134. The first-order valence-electron chi connectivity index (χ1n) is 10.0. The van der Waals surface area contributed by atoms with Gasteiger partial charge < -0.3 is 14.8 Å². The molecule has 2 heterocycles. The summed E-state index contributed by atoms with van der Waals surface area (Å²) in [4.78, 5) is 32.6. The lowest BCUT2D eigenvalue weighted by atomic mass is 10.1. The Balaban J connectivity index is 1.20. The van der Waals surface area contributed by atoms with Gasteiger partial charge in [0.2, 0.25) is 5.91 Å². The van der Waals surface area contributed by atoms with Crippen molar-refractivity contribution < 1.29 is 14.0 Å². The zero-order valence-corrected chi connectivity index (χ0v) is 16.0. The molecule has 2 aliphatic rings. The second kappa shape index (κ2) is 7.03. The molecule has 3 aromatic rings. The number of nitrogens with one attached hydrogen (secondary N) is 1. The van der Waals surface area contributed by atoms with Crippen LogP contribution in [0.25, 0.3) is 10.9 Å². The molecule has 148 valence electrons. The Morgan fingerprint density at radius 1 is 0.931 bits per heavy atom. The molecule has 1 saturated heterocycles. The van der Waals surface area contributed by atoms with E-state index in [4.69, 9.17) is 0 Å². The van der Waals surface area contributed by atoms with E-state index in [-0.39, 0.29) is 29.5 Å². The average molecular weight is 391 g/mol. The number of halogens is 1. The molecule has 1 aliphatic carbocycles. The quantitative estimate of drug-likeness (QED) is 0.744. The first-order chi connectivity index (χ1) is 14.1. The minimum Gasteiger partial charge on any atom is -0.360 e. The Hall–Kier alpha value is -3.15. The smallest absolute Gasteiger partial charge is 0.256 e. The predicted molar refractivity (Wildman–Crippen MR) is 108 cm³/mol.